The van der Waals surface area contributed by atoms with Crippen molar-refractivity contribution in [3.05, 3.63) is 136 Å². The Labute approximate surface area is 324 Å². The van der Waals surface area contributed by atoms with Gasteiger partial charge < -0.3 is 29.6 Å². The molecular formula is C41H44BrN5O6Si. The molecule has 280 valence electrons. The standard InChI is InChI=1S/C41H44BrN5O6Si/c1-26-38(54(3,4)51)37(19-20-46-24-35(44-45-46)33(25-48)28-10-6-5-7-11-28)53-41(26)34-22-30(42)15-18-36(34)47(40(41)50)23-27-9-8-12-31(21-27)43-39(49)29-13-16-32(52-2)17-14-29/h5-18,21-22,24,26,33,37-38,48,51H,19-20,23,25H2,1-4H3,(H,43,49)/t26-,33?,37+,38-,41+/m0/s1. The molecule has 3 N–H and O–H groups in total. The van der Waals surface area contributed by atoms with E-state index in [0.717, 1.165) is 26.9 Å². The van der Waals surface area contributed by atoms with E-state index in [-0.39, 0.29) is 42.3 Å². The summed E-state index contributed by atoms with van der Waals surface area (Å²) in [4.78, 5) is 41.5. The molecule has 0 saturated carbocycles. The molecule has 1 fully saturated rings. The monoisotopic (exact) mass is 809 g/mol. The first-order chi connectivity index (χ1) is 25.9. The summed E-state index contributed by atoms with van der Waals surface area (Å²) in [5, 5.41) is 21.9. The van der Waals surface area contributed by atoms with E-state index >= 15 is 0 Å². The minimum atomic E-state index is -2.89. The van der Waals surface area contributed by atoms with Crippen LogP contribution in [0.25, 0.3) is 0 Å². The average Bonchev–Trinajstić information content (AvgIpc) is 3.81. The number of benzene rings is 4. The lowest BCUT2D eigenvalue weighted by atomic mass is 9.82. The zero-order valence-corrected chi connectivity index (χ0v) is 33.2. The molecule has 1 unspecified atom stereocenters. The van der Waals surface area contributed by atoms with Gasteiger partial charge in [-0.1, -0.05) is 70.5 Å². The number of anilines is 2. The third-order valence-corrected chi connectivity index (χ3v) is 13.8. The molecule has 0 bridgehead atoms. The number of ether oxygens (including phenoxy) is 2. The van der Waals surface area contributed by atoms with Crippen molar-refractivity contribution in [3.63, 3.8) is 0 Å². The number of aryl methyl sites for hydroxylation is 1. The number of hydrogen-bond acceptors (Lipinski definition) is 8. The van der Waals surface area contributed by atoms with Crippen LogP contribution in [-0.4, -0.2) is 64.8 Å². The quantitative estimate of drug-likeness (QED) is 0.116. The van der Waals surface area contributed by atoms with Gasteiger partial charge >= 0.3 is 0 Å². The van der Waals surface area contributed by atoms with Crippen LogP contribution >= 0.6 is 15.9 Å². The number of aromatic nitrogens is 3. The van der Waals surface area contributed by atoms with Crippen LogP contribution < -0.4 is 15.0 Å². The van der Waals surface area contributed by atoms with E-state index in [2.05, 4.69) is 31.6 Å². The van der Waals surface area contributed by atoms with Gasteiger partial charge in [0, 0.05) is 45.5 Å². The van der Waals surface area contributed by atoms with Crippen LogP contribution in [0.5, 0.6) is 5.75 Å². The molecule has 2 amide bonds. The molecule has 1 spiro atoms. The lowest BCUT2D eigenvalue weighted by Crippen LogP contribution is -2.46. The number of nitrogens with zero attached hydrogens (tertiary/aromatic N) is 4. The summed E-state index contributed by atoms with van der Waals surface area (Å²) in [6, 6.07) is 29.9. The predicted molar refractivity (Wildman–Crippen MR) is 212 cm³/mol. The Morgan fingerprint density at radius 2 is 1.81 bits per heavy atom. The van der Waals surface area contributed by atoms with Crippen LogP contribution in [0.3, 0.4) is 0 Å². The van der Waals surface area contributed by atoms with Crippen LogP contribution in [0.4, 0.5) is 11.4 Å². The molecule has 11 nitrogen and oxygen atoms in total. The van der Waals surface area contributed by atoms with E-state index in [9.17, 15) is 19.5 Å². The normalized spacial score (nSPS) is 21.4. The number of amides is 2. The zero-order chi connectivity index (χ0) is 38.2. The van der Waals surface area contributed by atoms with Gasteiger partial charge in [-0.25, -0.2) is 0 Å². The minimum Gasteiger partial charge on any atom is -0.497 e. The SMILES string of the molecule is COc1ccc(C(=O)Nc2cccc(CN3C(=O)[C@]4(O[C@H](CCn5cc(C(CO)c6ccccc6)nn5)[C@@H]([Si](C)(C)O)[C@@H]4C)c4cc(Br)ccc43)c2)cc1. The fourth-order valence-electron chi connectivity index (χ4n) is 8.25. The smallest absolute Gasteiger partial charge is 0.264 e. The van der Waals surface area contributed by atoms with Crippen molar-refractivity contribution in [1.82, 2.24) is 15.0 Å². The van der Waals surface area contributed by atoms with E-state index in [0.29, 0.717) is 35.7 Å². The number of rotatable bonds is 12. The molecule has 1 saturated heterocycles. The lowest BCUT2D eigenvalue weighted by Gasteiger charge is -2.32. The van der Waals surface area contributed by atoms with Crippen LogP contribution in [0.1, 0.15) is 52.0 Å². The Morgan fingerprint density at radius 1 is 1.06 bits per heavy atom. The van der Waals surface area contributed by atoms with Crippen LogP contribution in [0, 0.1) is 5.92 Å². The highest BCUT2D eigenvalue weighted by Gasteiger charge is 2.66. The molecule has 13 heteroatoms. The topological polar surface area (TPSA) is 139 Å². The van der Waals surface area contributed by atoms with Crippen molar-refractivity contribution in [2.75, 3.05) is 23.9 Å². The maximum Gasteiger partial charge on any atom is 0.264 e. The van der Waals surface area contributed by atoms with E-state index in [4.69, 9.17) is 9.47 Å². The van der Waals surface area contributed by atoms with Gasteiger partial charge in [0.25, 0.3) is 11.8 Å². The third kappa shape index (κ3) is 7.14. The van der Waals surface area contributed by atoms with Crippen LogP contribution in [0.2, 0.25) is 18.6 Å². The first-order valence-corrected chi connectivity index (χ1v) is 21.9. The predicted octanol–water partition coefficient (Wildman–Crippen LogP) is 6.86. The highest BCUT2D eigenvalue weighted by atomic mass is 79.9. The van der Waals surface area contributed by atoms with Crippen molar-refractivity contribution in [3.8, 4) is 5.75 Å². The molecule has 3 heterocycles. The molecular weight excluding hydrogens is 766 g/mol. The van der Waals surface area contributed by atoms with Gasteiger partial charge in [-0.05, 0) is 85.2 Å². The number of methoxy groups -OCH3 is 1. The Hall–Kier alpha value is -4.66. The van der Waals surface area contributed by atoms with Crippen molar-refractivity contribution in [2.45, 2.75) is 62.7 Å². The van der Waals surface area contributed by atoms with Crippen molar-refractivity contribution < 1.29 is 29.0 Å². The minimum absolute atomic E-state index is 0.100. The first kappa shape index (κ1) is 37.6. The fourth-order valence-corrected chi connectivity index (χ4v) is 11.2. The van der Waals surface area contributed by atoms with Crippen molar-refractivity contribution in [1.29, 1.82) is 0 Å². The lowest BCUT2D eigenvalue weighted by molar-refractivity contribution is -0.146. The van der Waals surface area contributed by atoms with E-state index in [1.54, 1.807) is 41.0 Å². The summed E-state index contributed by atoms with van der Waals surface area (Å²) < 4.78 is 14.8. The number of halogens is 1. The number of aliphatic hydroxyl groups excluding tert-OH is 1. The number of aliphatic hydroxyl groups is 1. The number of nitrogens with one attached hydrogen (secondary N) is 1. The van der Waals surface area contributed by atoms with Gasteiger partial charge in [-0.2, -0.15) is 0 Å². The summed E-state index contributed by atoms with van der Waals surface area (Å²) in [6.45, 7) is 6.45. The number of fused-ring (bicyclic) bond motifs is 2. The Morgan fingerprint density at radius 3 is 2.52 bits per heavy atom. The maximum absolute atomic E-state index is 14.9. The largest absolute Gasteiger partial charge is 0.497 e. The summed E-state index contributed by atoms with van der Waals surface area (Å²) in [6.07, 6.45) is 1.91. The first-order valence-electron chi connectivity index (χ1n) is 18.0. The van der Waals surface area contributed by atoms with Gasteiger partial charge in [0.05, 0.1) is 43.7 Å². The molecule has 2 aliphatic heterocycles. The summed E-state index contributed by atoms with van der Waals surface area (Å²) in [7, 11) is -1.32. The van der Waals surface area contributed by atoms with Gasteiger partial charge in [0.2, 0.25) is 0 Å². The van der Waals surface area contributed by atoms with Gasteiger partial charge in [0.15, 0.2) is 13.9 Å². The van der Waals surface area contributed by atoms with Crippen LogP contribution in [-0.2, 0) is 28.2 Å². The summed E-state index contributed by atoms with van der Waals surface area (Å²) in [5.74, 6) is -0.410. The molecule has 54 heavy (non-hydrogen) atoms. The summed E-state index contributed by atoms with van der Waals surface area (Å²) >= 11 is 3.64. The van der Waals surface area contributed by atoms with Crippen molar-refractivity contribution >= 4 is 47.4 Å². The zero-order valence-electron chi connectivity index (χ0n) is 30.6. The molecule has 5 atom stereocenters. The molecule has 0 radical (unpaired) electrons. The third-order valence-electron chi connectivity index (χ3n) is 10.8. The Bertz CT molecular complexity index is 2140. The highest BCUT2D eigenvalue weighted by molar-refractivity contribution is 9.10. The summed E-state index contributed by atoms with van der Waals surface area (Å²) in [5.41, 5.74) is 3.48. The molecule has 5 aromatic rings. The van der Waals surface area contributed by atoms with E-state index < -0.39 is 20.0 Å². The number of hydrogen-bond donors (Lipinski definition) is 3. The highest BCUT2D eigenvalue weighted by Crippen LogP contribution is 2.60. The van der Waals surface area contributed by atoms with Crippen LogP contribution in [0.15, 0.2) is 108 Å². The van der Waals surface area contributed by atoms with Gasteiger partial charge in [-0.15, -0.1) is 5.10 Å². The second kappa shape index (κ2) is 15.2. The van der Waals surface area contributed by atoms with Gasteiger partial charge in [-0.3, -0.25) is 14.3 Å². The maximum atomic E-state index is 14.9. The molecule has 2 aliphatic rings. The second-order valence-electron chi connectivity index (χ2n) is 14.6. The van der Waals surface area contributed by atoms with E-state index in [1.165, 1.54) is 0 Å². The molecule has 7 rings (SSSR count). The fraction of sp³-hybridized carbons (Fsp3) is 0.317. The second-order valence-corrected chi connectivity index (χ2v) is 19.5. The van der Waals surface area contributed by atoms with E-state index in [1.807, 2.05) is 99.0 Å². The Balaban J connectivity index is 1.13. The van der Waals surface area contributed by atoms with Gasteiger partial charge in [0.1, 0.15) is 5.75 Å². The Kier molecular flexibility index (Phi) is 10.6. The number of carbonyl (C=O) groups excluding carboxylic acids is 2. The molecule has 0 aliphatic carbocycles. The number of carbonyl (C=O) groups is 2. The average molecular weight is 811 g/mol. The van der Waals surface area contributed by atoms with Crippen molar-refractivity contribution in [2.24, 2.45) is 5.92 Å². The molecule has 4 aromatic carbocycles. The molecule has 1 aromatic heterocycles.